The SMILES string of the molecule is Cc1cccnc1CN[C@@H]1CCC[C@H]1O. The smallest absolute Gasteiger partial charge is 0.0693 e. The first kappa shape index (κ1) is 10.6. The van der Waals surface area contributed by atoms with Gasteiger partial charge in [0, 0.05) is 18.8 Å². The van der Waals surface area contributed by atoms with Crippen molar-refractivity contribution in [2.45, 2.75) is 44.9 Å². The van der Waals surface area contributed by atoms with Gasteiger partial charge in [0.1, 0.15) is 0 Å². The molecule has 0 bridgehead atoms. The summed E-state index contributed by atoms with van der Waals surface area (Å²) >= 11 is 0. The first-order chi connectivity index (χ1) is 7.27. The second kappa shape index (κ2) is 4.73. The molecule has 0 unspecified atom stereocenters. The van der Waals surface area contributed by atoms with E-state index in [1.807, 2.05) is 12.3 Å². The second-order valence-corrected chi connectivity index (χ2v) is 4.25. The van der Waals surface area contributed by atoms with Crippen LogP contribution >= 0.6 is 0 Å². The summed E-state index contributed by atoms with van der Waals surface area (Å²) in [5.41, 5.74) is 2.29. The number of aliphatic hydroxyl groups excluding tert-OH is 1. The molecule has 0 radical (unpaired) electrons. The average molecular weight is 206 g/mol. The molecule has 1 aliphatic rings. The molecule has 1 aromatic heterocycles. The lowest BCUT2D eigenvalue weighted by atomic mass is 10.2. The van der Waals surface area contributed by atoms with Crippen molar-refractivity contribution < 1.29 is 5.11 Å². The highest BCUT2D eigenvalue weighted by Crippen LogP contribution is 2.19. The van der Waals surface area contributed by atoms with Crippen molar-refractivity contribution in [2.24, 2.45) is 0 Å². The minimum absolute atomic E-state index is 0.172. The van der Waals surface area contributed by atoms with E-state index in [-0.39, 0.29) is 12.1 Å². The first-order valence-corrected chi connectivity index (χ1v) is 5.59. The number of nitrogens with one attached hydrogen (secondary N) is 1. The van der Waals surface area contributed by atoms with Gasteiger partial charge >= 0.3 is 0 Å². The molecule has 1 heterocycles. The predicted octanol–water partition coefficient (Wildman–Crippen LogP) is 1.39. The minimum atomic E-state index is -0.172. The number of nitrogens with zero attached hydrogens (tertiary/aromatic N) is 1. The van der Waals surface area contributed by atoms with E-state index in [1.54, 1.807) is 0 Å². The Balaban J connectivity index is 1.90. The quantitative estimate of drug-likeness (QED) is 0.785. The molecule has 15 heavy (non-hydrogen) atoms. The fourth-order valence-corrected chi connectivity index (χ4v) is 2.11. The van der Waals surface area contributed by atoms with Gasteiger partial charge in [0.2, 0.25) is 0 Å². The summed E-state index contributed by atoms with van der Waals surface area (Å²) in [6, 6.07) is 4.27. The van der Waals surface area contributed by atoms with Gasteiger partial charge in [-0.1, -0.05) is 6.07 Å². The molecule has 1 fully saturated rings. The van der Waals surface area contributed by atoms with Gasteiger partial charge in [0.05, 0.1) is 11.8 Å². The zero-order chi connectivity index (χ0) is 10.7. The van der Waals surface area contributed by atoms with Crippen LogP contribution in [0.5, 0.6) is 0 Å². The lowest BCUT2D eigenvalue weighted by Crippen LogP contribution is -2.35. The van der Waals surface area contributed by atoms with E-state index in [4.69, 9.17) is 0 Å². The molecule has 0 aliphatic heterocycles. The van der Waals surface area contributed by atoms with Crippen molar-refractivity contribution >= 4 is 0 Å². The van der Waals surface area contributed by atoms with Crippen molar-refractivity contribution in [1.82, 2.24) is 10.3 Å². The Labute approximate surface area is 90.5 Å². The molecule has 0 saturated heterocycles. The van der Waals surface area contributed by atoms with Gasteiger partial charge in [0.15, 0.2) is 0 Å². The van der Waals surface area contributed by atoms with Crippen molar-refractivity contribution in [3.63, 3.8) is 0 Å². The maximum Gasteiger partial charge on any atom is 0.0693 e. The number of pyridine rings is 1. The molecule has 2 N–H and O–H groups in total. The third-order valence-electron chi connectivity index (χ3n) is 3.13. The minimum Gasteiger partial charge on any atom is -0.392 e. The van der Waals surface area contributed by atoms with E-state index in [0.717, 1.165) is 31.5 Å². The summed E-state index contributed by atoms with van der Waals surface area (Å²) in [4.78, 5) is 4.32. The highest BCUT2D eigenvalue weighted by atomic mass is 16.3. The van der Waals surface area contributed by atoms with E-state index < -0.39 is 0 Å². The highest BCUT2D eigenvalue weighted by Gasteiger charge is 2.24. The molecule has 3 heteroatoms. The van der Waals surface area contributed by atoms with Crippen LogP contribution in [0.15, 0.2) is 18.3 Å². The van der Waals surface area contributed by atoms with E-state index in [1.165, 1.54) is 5.56 Å². The second-order valence-electron chi connectivity index (χ2n) is 4.25. The molecule has 0 spiro atoms. The Kier molecular flexibility index (Phi) is 3.34. The Hall–Kier alpha value is -0.930. The average Bonchev–Trinajstić information content (AvgIpc) is 2.63. The number of aromatic nitrogens is 1. The number of aryl methyl sites for hydroxylation is 1. The van der Waals surface area contributed by atoms with Crippen LogP contribution in [0, 0.1) is 6.92 Å². The van der Waals surface area contributed by atoms with E-state index in [9.17, 15) is 5.11 Å². The molecule has 1 aliphatic carbocycles. The standard InChI is InChI=1S/C12H18N2O/c1-9-4-3-7-13-11(9)8-14-10-5-2-6-12(10)15/h3-4,7,10,12,14-15H,2,5-6,8H2,1H3/t10-,12-/m1/s1. The largest absolute Gasteiger partial charge is 0.392 e. The van der Waals surface area contributed by atoms with Gasteiger partial charge in [0.25, 0.3) is 0 Å². The fraction of sp³-hybridized carbons (Fsp3) is 0.583. The zero-order valence-electron chi connectivity index (χ0n) is 9.11. The maximum absolute atomic E-state index is 9.65. The Bertz CT molecular complexity index is 327. The predicted molar refractivity (Wildman–Crippen MR) is 59.5 cm³/mol. The number of aliphatic hydroxyl groups is 1. The summed E-state index contributed by atoms with van der Waals surface area (Å²) in [5, 5.41) is 13.0. The van der Waals surface area contributed by atoms with Crippen LogP contribution in [0.3, 0.4) is 0 Å². The van der Waals surface area contributed by atoms with E-state index >= 15 is 0 Å². The third-order valence-corrected chi connectivity index (χ3v) is 3.13. The molecular weight excluding hydrogens is 188 g/mol. The van der Waals surface area contributed by atoms with Crippen LogP contribution in [0.4, 0.5) is 0 Å². The lowest BCUT2D eigenvalue weighted by molar-refractivity contribution is 0.148. The number of rotatable bonds is 3. The summed E-state index contributed by atoms with van der Waals surface area (Å²) < 4.78 is 0. The molecular formula is C12H18N2O. The first-order valence-electron chi connectivity index (χ1n) is 5.59. The zero-order valence-corrected chi connectivity index (χ0v) is 9.11. The Morgan fingerprint density at radius 2 is 2.40 bits per heavy atom. The van der Waals surface area contributed by atoms with Gasteiger partial charge in [-0.3, -0.25) is 4.98 Å². The highest BCUT2D eigenvalue weighted by molar-refractivity contribution is 5.17. The lowest BCUT2D eigenvalue weighted by Gasteiger charge is -2.16. The monoisotopic (exact) mass is 206 g/mol. The molecule has 0 aromatic carbocycles. The molecule has 1 saturated carbocycles. The number of hydrogen-bond acceptors (Lipinski definition) is 3. The molecule has 2 atom stereocenters. The number of hydrogen-bond donors (Lipinski definition) is 2. The van der Waals surface area contributed by atoms with Crippen molar-refractivity contribution in [3.8, 4) is 0 Å². The van der Waals surface area contributed by atoms with Crippen LogP contribution < -0.4 is 5.32 Å². The van der Waals surface area contributed by atoms with Crippen molar-refractivity contribution in [2.75, 3.05) is 0 Å². The van der Waals surface area contributed by atoms with Crippen LogP contribution in [-0.2, 0) is 6.54 Å². The Morgan fingerprint density at radius 1 is 1.53 bits per heavy atom. The molecule has 82 valence electrons. The summed E-state index contributed by atoms with van der Waals surface area (Å²) in [5.74, 6) is 0. The van der Waals surface area contributed by atoms with Gasteiger partial charge in [-0.05, 0) is 37.8 Å². The molecule has 3 nitrogen and oxygen atoms in total. The van der Waals surface area contributed by atoms with Crippen molar-refractivity contribution in [3.05, 3.63) is 29.6 Å². The fourth-order valence-electron chi connectivity index (χ4n) is 2.11. The summed E-state index contributed by atoms with van der Waals surface area (Å²) in [6.07, 6.45) is 4.77. The molecule has 0 amide bonds. The molecule has 1 aromatic rings. The van der Waals surface area contributed by atoms with Crippen LogP contribution in [0.1, 0.15) is 30.5 Å². The maximum atomic E-state index is 9.65. The van der Waals surface area contributed by atoms with Crippen LogP contribution in [-0.4, -0.2) is 22.2 Å². The van der Waals surface area contributed by atoms with Crippen LogP contribution in [0.2, 0.25) is 0 Å². The third kappa shape index (κ3) is 2.55. The Morgan fingerprint density at radius 3 is 3.07 bits per heavy atom. The topological polar surface area (TPSA) is 45.2 Å². The van der Waals surface area contributed by atoms with Crippen molar-refractivity contribution in [1.29, 1.82) is 0 Å². The summed E-state index contributed by atoms with van der Waals surface area (Å²) in [7, 11) is 0. The van der Waals surface area contributed by atoms with Gasteiger partial charge in [-0.25, -0.2) is 0 Å². The van der Waals surface area contributed by atoms with Gasteiger partial charge < -0.3 is 10.4 Å². The molecule has 2 rings (SSSR count). The van der Waals surface area contributed by atoms with Gasteiger partial charge in [-0.15, -0.1) is 0 Å². The van der Waals surface area contributed by atoms with E-state index in [0.29, 0.717) is 0 Å². The normalized spacial score (nSPS) is 25.7. The van der Waals surface area contributed by atoms with Crippen LogP contribution in [0.25, 0.3) is 0 Å². The van der Waals surface area contributed by atoms with Gasteiger partial charge in [-0.2, -0.15) is 0 Å². The van der Waals surface area contributed by atoms with E-state index in [2.05, 4.69) is 23.3 Å². The summed E-state index contributed by atoms with van der Waals surface area (Å²) in [6.45, 7) is 2.82.